The molecule has 7 nitrogen and oxygen atoms in total. The standard InChI is InChI=1S/C25H20ClF3N6O/c26-17-9-8-15(23-18(27)7-4-10-31-23)11-19(17)32-22-12-20(34-35(22)16-5-2-1-3-6-16)24(36)33-21-13-30-14-25(21,28)29/h1-12,21,30,32H,13-14H2,(H,33,36). The summed E-state index contributed by atoms with van der Waals surface area (Å²) in [5.41, 5.74) is 1.61. The van der Waals surface area contributed by atoms with Crippen LogP contribution in [0.3, 0.4) is 0 Å². The number of para-hydroxylation sites is 1. The molecule has 2 aromatic heterocycles. The summed E-state index contributed by atoms with van der Waals surface area (Å²) < 4.78 is 43.8. The Morgan fingerprint density at radius 2 is 1.92 bits per heavy atom. The molecule has 0 radical (unpaired) electrons. The lowest BCUT2D eigenvalue weighted by Gasteiger charge is -2.18. The molecule has 1 saturated heterocycles. The number of benzene rings is 2. The van der Waals surface area contributed by atoms with Crippen LogP contribution in [0.1, 0.15) is 10.5 Å². The third-order valence-corrected chi connectivity index (χ3v) is 6.06. The summed E-state index contributed by atoms with van der Waals surface area (Å²) in [6.45, 7) is -0.551. The first kappa shape index (κ1) is 23.8. The Balaban J connectivity index is 1.50. The Bertz CT molecular complexity index is 1410. The number of alkyl halides is 2. The fourth-order valence-corrected chi connectivity index (χ4v) is 4.06. The summed E-state index contributed by atoms with van der Waals surface area (Å²) in [6, 6.07) is 16.7. The average molecular weight is 513 g/mol. The topological polar surface area (TPSA) is 83.9 Å². The van der Waals surface area contributed by atoms with Crippen LogP contribution in [0.2, 0.25) is 5.02 Å². The third kappa shape index (κ3) is 4.77. The summed E-state index contributed by atoms with van der Waals surface area (Å²) in [5, 5.41) is 12.7. The van der Waals surface area contributed by atoms with Crippen molar-refractivity contribution in [3.05, 3.63) is 89.5 Å². The van der Waals surface area contributed by atoms with Gasteiger partial charge in [-0.1, -0.05) is 35.9 Å². The van der Waals surface area contributed by atoms with E-state index in [9.17, 15) is 18.0 Å². The van der Waals surface area contributed by atoms with E-state index in [0.29, 0.717) is 27.8 Å². The number of nitrogens with one attached hydrogen (secondary N) is 3. The maximum absolute atomic E-state index is 14.3. The highest BCUT2D eigenvalue weighted by Crippen LogP contribution is 2.32. The van der Waals surface area contributed by atoms with Gasteiger partial charge in [-0.25, -0.2) is 17.9 Å². The van der Waals surface area contributed by atoms with Gasteiger partial charge in [-0.05, 0) is 36.4 Å². The minimum absolute atomic E-state index is 0.0459. The van der Waals surface area contributed by atoms with Gasteiger partial charge in [-0.3, -0.25) is 9.78 Å². The number of carbonyl (C=O) groups is 1. The first-order chi connectivity index (χ1) is 17.3. The van der Waals surface area contributed by atoms with Crippen molar-refractivity contribution >= 4 is 29.0 Å². The minimum Gasteiger partial charge on any atom is -0.340 e. The number of hydrogen-bond donors (Lipinski definition) is 3. The number of nitrogens with zero attached hydrogens (tertiary/aromatic N) is 3. The van der Waals surface area contributed by atoms with Gasteiger partial charge in [-0.2, -0.15) is 5.10 Å². The summed E-state index contributed by atoms with van der Waals surface area (Å²) in [5.74, 6) is -3.94. The molecule has 36 heavy (non-hydrogen) atoms. The molecule has 1 aliphatic heterocycles. The monoisotopic (exact) mass is 512 g/mol. The van der Waals surface area contributed by atoms with Gasteiger partial charge < -0.3 is 16.0 Å². The van der Waals surface area contributed by atoms with E-state index in [0.717, 1.165) is 0 Å². The molecule has 1 aliphatic rings. The van der Waals surface area contributed by atoms with Crippen LogP contribution in [0.4, 0.5) is 24.7 Å². The molecule has 0 aliphatic carbocycles. The molecule has 0 spiro atoms. The van der Waals surface area contributed by atoms with E-state index >= 15 is 0 Å². The Kier molecular flexibility index (Phi) is 6.38. The second kappa shape index (κ2) is 9.63. The maximum Gasteiger partial charge on any atom is 0.281 e. The van der Waals surface area contributed by atoms with E-state index < -0.39 is 30.2 Å². The van der Waals surface area contributed by atoms with Crippen LogP contribution in [0.15, 0.2) is 72.9 Å². The van der Waals surface area contributed by atoms with Crippen molar-refractivity contribution in [1.82, 2.24) is 25.4 Å². The van der Waals surface area contributed by atoms with E-state index in [-0.39, 0.29) is 17.9 Å². The molecule has 0 saturated carbocycles. The SMILES string of the molecule is O=C(NC1CNCC1(F)F)c1cc(Nc2cc(-c3ncccc3F)ccc2Cl)n(-c2ccccc2)n1. The summed E-state index contributed by atoms with van der Waals surface area (Å²) >= 11 is 6.41. The van der Waals surface area contributed by atoms with E-state index in [1.165, 1.54) is 29.1 Å². The van der Waals surface area contributed by atoms with Crippen molar-refractivity contribution in [3.63, 3.8) is 0 Å². The van der Waals surface area contributed by atoms with E-state index in [1.807, 2.05) is 6.07 Å². The number of rotatable bonds is 6. The van der Waals surface area contributed by atoms with Crippen LogP contribution < -0.4 is 16.0 Å². The number of aromatic nitrogens is 3. The van der Waals surface area contributed by atoms with E-state index in [4.69, 9.17) is 11.6 Å². The molecule has 1 atom stereocenters. The van der Waals surface area contributed by atoms with Crippen LogP contribution >= 0.6 is 11.6 Å². The van der Waals surface area contributed by atoms with Crippen LogP contribution in [0, 0.1) is 5.82 Å². The van der Waals surface area contributed by atoms with Crippen molar-refractivity contribution in [2.75, 3.05) is 18.4 Å². The van der Waals surface area contributed by atoms with Crippen LogP contribution in [-0.4, -0.2) is 45.7 Å². The lowest BCUT2D eigenvalue weighted by atomic mass is 10.1. The lowest BCUT2D eigenvalue weighted by molar-refractivity contribution is -0.00253. The Morgan fingerprint density at radius 3 is 2.64 bits per heavy atom. The molecule has 11 heteroatoms. The second-order valence-corrected chi connectivity index (χ2v) is 8.64. The largest absolute Gasteiger partial charge is 0.340 e. The van der Waals surface area contributed by atoms with Crippen molar-refractivity contribution in [2.45, 2.75) is 12.0 Å². The van der Waals surface area contributed by atoms with Gasteiger partial charge in [0.1, 0.15) is 23.4 Å². The van der Waals surface area contributed by atoms with Crippen molar-refractivity contribution in [1.29, 1.82) is 0 Å². The van der Waals surface area contributed by atoms with Gasteiger partial charge in [0, 0.05) is 24.4 Å². The van der Waals surface area contributed by atoms with Crippen LogP contribution in [0.5, 0.6) is 0 Å². The minimum atomic E-state index is -3.06. The number of pyridine rings is 1. The van der Waals surface area contributed by atoms with Gasteiger partial charge in [0.15, 0.2) is 5.69 Å². The van der Waals surface area contributed by atoms with Gasteiger partial charge in [-0.15, -0.1) is 0 Å². The smallest absolute Gasteiger partial charge is 0.281 e. The lowest BCUT2D eigenvalue weighted by Crippen LogP contribution is -2.46. The quantitative estimate of drug-likeness (QED) is 0.345. The first-order valence-corrected chi connectivity index (χ1v) is 11.4. The molecule has 184 valence electrons. The zero-order valence-corrected chi connectivity index (χ0v) is 19.4. The zero-order valence-electron chi connectivity index (χ0n) is 18.7. The van der Waals surface area contributed by atoms with Crippen molar-refractivity contribution in [3.8, 4) is 16.9 Å². The molecule has 5 rings (SSSR count). The molecule has 1 unspecified atom stereocenters. The van der Waals surface area contributed by atoms with Gasteiger partial charge in [0.2, 0.25) is 0 Å². The van der Waals surface area contributed by atoms with Crippen molar-refractivity contribution < 1.29 is 18.0 Å². The Labute approximate surface area is 209 Å². The van der Waals surface area contributed by atoms with Crippen molar-refractivity contribution in [2.24, 2.45) is 0 Å². The maximum atomic E-state index is 14.3. The van der Waals surface area contributed by atoms with Crippen LogP contribution in [0.25, 0.3) is 16.9 Å². The molecule has 1 amide bonds. The van der Waals surface area contributed by atoms with E-state index in [1.54, 1.807) is 42.5 Å². The summed E-state index contributed by atoms with van der Waals surface area (Å²) in [4.78, 5) is 16.9. The fraction of sp³-hybridized carbons (Fsp3) is 0.160. The highest BCUT2D eigenvalue weighted by atomic mass is 35.5. The average Bonchev–Trinajstić information content (AvgIpc) is 3.44. The molecule has 0 bridgehead atoms. The van der Waals surface area contributed by atoms with E-state index in [2.05, 4.69) is 26.0 Å². The highest BCUT2D eigenvalue weighted by molar-refractivity contribution is 6.33. The second-order valence-electron chi connectivity index (χ2n) is 8.23. The molecule has 3 heterocycles. The predicted molar refractivity (Wildman–Crippen MR) is 131 cm³/mol. The van der Waals surface area contributed by atoms with Crippen LogP contribution in [-0.2, 0) is 0 Å². The number of carbonyl (C=O) groups excluding carboxylic acids is 1. The summed E-state index contributed by atoms with van der Waals surface area (Å²) in [6.07, 6.45) is 1.48. The van der Waals surface area contributed by atoms with Gasteiger partial charge in [0.25, 0.3) is 11.8 Å². The summed E-state index contributed by atoms with van der Waals surface area (Å²) in [7, 11) is 0. The van der Waals surface area contributed by atoms with Gasteiger partial charge >= 0.3 is 0 Å². The number of halogens is 4. The third-order valence-electron chi connectivity index (χ3n) is 5.73. The molecular weight excluding hydrogens is 493 g/mol. The molecule has 2 aromatic carbocycles. The van der Waals surface area contributed by atoms with Gasteiger partial charge in [0.05, 0.1) is 22.9 Å². The molecule has 1 fully saturated rings. The Morgan fingerprint density at radius 1 is 1.11 bits per heavy atom. The number of hydrogen-bond acceptors (Lipinski definition) is 5. The molecular formula is C25H20ClF3N6O. The zero-order chi connectivity index (χ0) is 25.3. The first-order valence-electron chi connectivity index (χ1n) is 11.0. The highest BCUT2D eigenvalue weighted by Gasteiger charge is 2.45. The fourth-order valence-electron chi connectivity index (χ4n) is 3.90. The molecule has 4 aromatic rings. The molecule has 3 N–H and O–H groups in total. The Hall–Kier alpha value is -3.89. The number of amides is 1. The predicted octanol–water partition coefficient (Wildman–Crippen LogP) is 4.81. The normalized spacial score (nSPS) is 16.6. The number of anilines is 2.